The summed E-state index contributed by atoms with van der Waals surface area (Å²) in [6.07, 6.45) is 42.4. The maximum Gasteiger partial charge on any atom is 0.323 e. The van der Waals surface area contributed by atoms with E-state index in [1.54, 1.807) is 0 Å². The molecule has 0 aliphatic carbocycles. The maximum atomic E-state index is 14.5. The number of fused-ring (bicyclic) bond motifs is 1. The van der Waals surface area contributed by atoms with E-state index in [0.29, 0.717) is 6.42 Å². The molecule has 61 heavy (non-hydrogen) atoms. The van der Waals surface area contributed by atoms with Crippen molar-refractivity contribution in [1.29, 1.82) is 0 Å². The van der Waals surface area contributed by atoms with E-state index in [1.165, 1.54) is 109 Å². The van der Waals surface area contributed by atoms with Gasteiger partial charge in [0.1, 0.15) is 23.8 Å². The van der Waals surface area contributed by atoms with E-state index in [2.05, 4.69) is 54.1 Å². The average molecular weight is 853 g/mol. The Hall–Kier alpha value is -2.48. The Bertz CT molecular complexity index is 1300. The summed E-state index contributed by atoms with van der Waals surface area (Å²) in [5.74, 6) is -0.0193. The van der Waals surface area contributed by atoms with Crippen LogP contribution in [0.2, 0.25) is 0 Å². The predicted octanol–water partition coefficient (Wildman–Crippen LogP) is 15.3. The number of carbonyl (C=O) groups excluding carboxylic acids is 2. The highest BCUT2D eigenvalue weighted by atomic mass is 16.5. The second-order valence-electron chi connectivity index (χ2n) is 18.3. The topological polar surface area (TPSA) is 86.5 Å². The first-order chi connectivity index (χ1) is 30.0. The SMILES string of the molecule is CCCCCCCCC(CC)OC(=O)CCCCCCCN(CCCn1cnc2cccnc21)C(CCCCCC)C(=O)OC(CCCCCCCC)CCCCCCCC. The fourth-order valence-electron chi connectivity index (χ4n) is 8.81. The van der Waals surface area contributed by atoms with E-state index in [1.807, 2.05) is 24.7 Å². The number of unbranched alkanes of at least 4 members (excludes halogenated alkanes) is 22. The molecule has 2 rings (SSSR count). The van der Waals surface area contributed by atoms with Crippen LogP contribution in [0.25, 0.3) is 11.2 Å². The third-order valence-electron chi connectivity index (χ3n) is 12.8. The summed E-state index contributed by atoms with van der Waals surface area (Å²) < 4.78 is 14.7. The summed E-state index contributed by atoms with van der Waals surface area (Å²) in [5.41, 5.74) is 1.84. The van der Waals surface area contributed by atoms with Gasteiger partial charge in [0, 0.05) is 25.7 Å². The van der Waals surface area contributed by atoms with Crippen LogP contribution < -0.4 is 0 Å². The summed E-state index contributed by atoms with van der Waals surface area (Å²) in [6, 6.07) is 3.74. The van der Waals surface area contributed by atoms with Gasteiger partial charge in [-0.2, -0.15) is 0 Å². The number of imidazole rings is 1. The molecule has 2 aromatic rings. The molecule has 2 aromatic heterocycles. The first-order valence-electron chi connectivity index (χ1n) is 26.4. The molecular formula is C53H96N4O4. The van der Waals surface area contributed by atoms with Crippen molar-refractivity contribution >= 4 is 23.1 Å². The number of ether oxygens (including phenoxy) is 2. The van der Waals surface area contributed by atoms with E-state index in [9.17, 15) is 9.59 Å². The highest BCUT2D eigenvalue weighted by Gasteiger charge is 2.29. The van der Waals surface area contributed by atoms with Gasteiger partial charge in [-0.25, -0.2) is 9.97 Å². The van der Waals surface area contributed by atoms with Crippen LogP contribution in [-0.2, 0) is 25.6 Å². The number of aryl methyl sites for hydroxylation is 1. The number of esters is 2. The zero-order chi connectivity index (χ0) is 44.0. The van der Waals surface area contributed by atoms with Crippen molar-refractivity contribution in [3.63, 3.8) is 0 Å². The Balaban J connectivity index is 2.04. The lowest BCUT2D eigenvalue weighted by Gasteiger charge is -2.32. The summed E-state index contributed by atoms with van der Waals surface area (Å²) in [7, 11) is 0. The van der Waals surface area contributed by atoms with Gasteiger partial charge >= 0.3 is 11.9 Å². The molecule has 0 radical (unpaired) electrons. The third kappa shape index (κ3) is 26.7. The quantitative estimate of drug-likeness (QED) is 0.0485. The minimum Gasteiger partial charge on any atom is -0.462 e. The van der Waals surface area contributed by atoms with Crippen LogP contribution in [0.15, 0.2) is 24.7 Å². The van der Waals surface area contributed by atoms with Crippen LogP contribution in [0.4, 0.5) is 0 Å². The standard InChI is InChI=1S/C53H96N4O4/c1-6-11-15-19-23-28-36-47(10-5)60-51(58)41-32-26-22-27-33-43-56(44-35-45-57-46-55-49-39-34-42-54-52(49)57)50(40-31-18-14-9-4)53(59)61-48(37-29-24-20-16-12-7-2)38-30-25-21-17-13-8-3/h34,39,42,46-48,50H,6-33,35-38,40-41,43-45H2,1-5H3. The molecule has 0 fully saturated rings. The Morgan fingerprint density at radius 1 is 0.557 bits per heavy atom. The predicted molar refractivity (Wildman–Crippen MR) is 258 cm³/mol. The van der Waals surface area contributed by atoms with Gasteiger partial charge in [-0.05, 0) is 89.3 Å². The molecule has 2 heterocycles. The fraction of sp³-hybridized carbons (Fsp3) is 0.849. The van der Waals surface area contributed by atoms with Gasteiger partial charge in [-0.15, -0.1) is 0 Å². The van der Waals surface area contributed by atoms with Crippen molar-refractivity contribution in [3.8, 4) is 0 Å². The van der Waals surface area contributed by atoms with Crippen molar-refractivity contribution in [2.75, 3.05) is 13.1 Å². The molecule has 8 nitrogen and oxygen atoms in total. The van der Waals surface area contributed by atoms with Crippen LogP contribution in [-0.4, -0.2) is 62.7 Å². The lowest BCUT2D eigenvalue weighted by molar-refractivity contribution is -0.157. The molecule has 0 aliphatic rings. The van der Waals surface area contributed by atoms with E-state index < -0.39 is 0 Å². The second-order valence-corrected chi connectivity index (χ2v) is 18.3. The molecular weight excluding hydrogens is 757 g/mol. The molecule has 0 aliphatic heterocycles. The zero-order valence-electron chi connectivity index (χ0n) is 40.6. The first-order valence-corrected chi connectivity index (χ1v) is 26.4. The minimum atomic E-state index is -0.219. The maximum absolute atomic E-state index is 14.5. The summed E-state index contributed by atoms with van der Waals surface area (Å²) in [6.45, 7) is 13.7. The number of nitrogens with zero attached hydrogens (tertiary/aromatic N) is 4. The second kappa shape index (κ2) is 38.0. The summed E-state index contributed by atoms with van der Waals surface area (Å²) in [4.78, 5) is 38.9. The smallest absolute Gasteiger partial charge is 0.323 e. The van der Waals surface area contributed by atoms with Crippen LogP contribution >= 0.6 is 0 Å². The number of hydrogen-bond acceptors (Lipinski definition) is 7. The van der Waals surface area contributed by atoms with Gasteiger partial charge in [0.15, 0.2) is 5.65 Å². The zero-order valence-corrected chi connectivity index (χ0v) is 40.6. The molecule has 0 saturated heterocycles. The summed E-state index contributed by atoms with van der Waals surface area (Å²) >= 11 is 0. The van der Waals surface area contributed by atoms with Gasteiger partial charge in [0.2, 0.25) is 0 Å². The Morgan fingerprint density at radius 2 is 1.05 bits per heavy atom. The van der Waals surface area contributed by atoms with Gasteiger partial charge in [0.25, 0.3) is 0 Å². The molecule has 0 spiro atoms. The molecule has 0 amide bonds. The van der Waals surface area contributed by atoms with Crippen molar-refractivity contribution in [2.45, 2.75) is 278 Å². The molecule has 8 heteroatoms. The van der Waals surface area contributed by atoms with E-state index >= 15 is 0 Å². The Kier molecular flexibility index (Phi) is 34.1. The Labute approximate surface area is 375 Å². The Morgan fingerprint density at radius 3 is 1.64 bits per heavy atom. The van der Waals surface area contributed by atoms with Crippen molar-refractivity contribution < 1.29 is 19.1 Å². The van der Waals surface area contributed by atoms with Crippen LogP contribution in [0, 0.1) is 0 Å². The van der Waals surface area contributed by atoms with E-state index in [-0.39, 0.29) is 30.2 Å². The van der Waals surface area contributed by atoms with Gasteiger partial charge in [0.05, 0.1) is 6.33 Å². The van der Waals surface area contributed by atoms with Crippen LogP contribution in [0.5, 0.6) is 0 Å². The number of rotatable bonds is 43. The number of hydrogen-bond donors (Lipinski definition) is 0. The average Bonchev–Trinajstić information content (AvgIpc) is 3.68. The van der Waals surface area contributed by atoms with Crippen LogP contribution in [0.3, 0.4) is 0 Å². The molecule has 0 N–H and O–H groups in total. The number of pyridine rings is 1. The molecule has 2 unspecified atom stereocenters. The minimum absolute atomic E-state index is 0.00796. The molecule has 0 saturated carbocycles. The monoisotopic (exact) mass is 853 g/mol. The molecule has 2 atom stereocenters. The first kappa shape index (κ1) is 54.7. The normalized spacial score (nSPS) is 12.8. The molecule has 0 aromatic carbocycles. The highest BCUT2D eigenvalue weighted by Crippen LogP contribution is 2.22. The third-order valence-corrected chi connectivity index (χ3v) is 12.8. The molecule has 352 valence electrons. The number of carbonyl (C=O) groups is 2. The lowest BCUT2D eigenvalue weighted by atomic mass is 10.0. The van der Waals surface area contributed by atoms with Gasteiger partial charge < -0.3 is 14.0 Å². The van der Waals surface area contributed by atoms with Gasteiger partial charge in [-0.1, -0.05) is 176 Å². The molecule has 0 bridgehead atoms. The van der Waals surface area contributed by atoms with Crippen molar-refractivity contribution in [1.82, 2.24) is 19.4 Å². The lowest BCUT2D eigenvalue weighted by Crippen LogP contribution is -2.44. The van der Waals surface area contributed by atoms with Crippen molar-refractivity contribution in [3.05, 3.63) is 24.7 Å². The largest absolute Gasteiger partial charge is 0.462 e. The van der Waals surface area contributed by atoms with E-state index in [0.717, 1.165) is 134 Å². The van der Waals surface area contributed by atoms with Crippen LogP contribution in [0.1, 0.15) is 253 Å². The number of aromatic nitrogens is 3. The summed E-state index contributed by atoms with van der Waals surface area (Å²) in [5, 5.41) is 0. The van der Waals surface area contributed by atoms with Crippen molar-refractivity contribution in [2.24, 2.45) is 0 Å². The van der Waals surface area contributed by atoms with E-state index in [4.69, 9.17) is 9.47 Å². The fourth-order valence-corrected chi connectivity index (χ4v) is 8.81. The van der Waals surface area contributed by atoms with Gasteiger partial charge in [-0.3, -0.25) is 14.5 Å². The highest BCUT2D eigenvalue weighted by molar-refractivity contribution is 5.76.